The van der Waals surface area contributed by atoms with Crippen LogP contribution >= 0.6 is 0 Å². The van der Waals surface area contributed by atoms with Crippen molar-refractivity contribution in [2.45, 2.75) is 52.0 Å². The lowest BCUT2D eigenvalue weighted by molar-refractivity contribution is 0.362. The average Bonchev–Trinajstić information content (AvgIpc) is 2.31. The quantitative estimate of drug-likeness (QED) is 0.770. The van der Waals surface area contributed by atoms with Crippen molar-refractivity contribution >= 4 is 0 Å². The van der Waals surface area contributed by atoms with E-state index >= 15 is 0 Å². The zero-order chi connectivity index (χ0) is 12.0. The molecule has 0 fully saturated rings. The van der Waals surface area contributed by atoms with Gasteiger partial charge >= 0.3 is 0 Å². The Labute approximate surface area is 100 Å². The van der Waals surface area contributed by atoms with E-state index in [4.69, 9.17) is 5.73 Å². The van der Waals surface area contributed by atoms with Crippen LogP contribution in [-0.4, -0.2) is 6.04 Å². The highest BCUT2D eigenvalue weighted by atomic mass is 14.7. The molecule has 0 aliphatic heterocycles. The Hall–Kier alpha value is -0.820. The molecule has 1 rings (SSSR count). The van der Waals surface area contributed by atoms with Crippen molar-refractivity contribution in [2.24, 2.45) is 11.7 Å². The summed E-state index contributed by atoms with van der Waals surface area (Å²) < 4.78 is 0. The SMILES string of the molecule is CCCC(C)C(N)C(CC)c1ccccc1. The van der Waals surface area contributed by atoms with Gasteiger partial charge in [0.05, 0.1) is 0 Å². The van der Waals surface area contributed by atoms with Crippen LogP contribution in [0.3, 0.4) is 0 Å². The summed E-state index contributed by atoms with van der Waals surface area (Å²) in [6, 6.07) is 11.0. The maximum atomic E-state index is 6.39. The molecular weight excluding hydrogens is 194 g/mol. The van der Waals surface area contributed by atoms with Gasteiger partial charge in [0.15, 0.2) is 0 Å². The number of rotatable bonds is 6. The molecule has 0 saturated heterocycles. The molecular formula is C15H25N. The molecule has 0 radical (unpaired) electrons. The zero-order valence-electron chi connectivity index (χ0n) is 10.8. The lowest BCUT2D eigenvalue weighted by Crippen LogP contribution is -2.34. The second kappa shape index (κ2) is 6.70. The molecule has 0 heterocycles. The molecule has 1 aromatic rings. The molecule has 0 aromatic heterocycles. The van der Waals surface area contributed by atoms with Gasteiger partial charge in [-0.15, -0.1) is 0 Å². The Balaban J connectivity index is 2.74. The molecule has 16 heavy (non-hydrogen) atoms. The molecule has 3 atom stereocenters. The third-order valence-electron chi connectivity index (χ3n) is 3.53. The topological polar surface area (TPSA) is 26.0 Å². The van der Waals surface area contributed by atoms with Crippen LogP contribution in [0, 0.1) is 5.92 Å². The van der Waals surface area contributed by atoms with Gasteiger partial charge in [-0.3, -0.25) is 0 Å². The van der Waals surface area contributed by atoms with Crippen LogP contribution in [0.4, 0.5) is 0 Å². The lowest BCUT2D eigenvalue weighted by atomic mass is 9.81. The van der Waals surface area contributed by atoms with Crippen LogP contribution < -0.4 is 5.73 Å². The Kier molecular flexibility index (Phi) is 5.54. The van der Waals surface area contributed by atoms with E-state index < -0.39 is 0 Å². The van der Waals surface area contributed by atoms with E-state index in [-0.39, 0.29) is 6.04 Å². The Morgan fingerprint density at radius 2 is 1.75 bits per heavy atom. The standard InChI is InChI=1S/C15H25N/c1-4-9-12(3)15(16)14(5-2)13-10-7-6-8-11-13/h6-8,10-12,14-15H,4-5,9,16H2,1-3H3. The van der Waals surface area contributed by atoms with Crippen molar-refractivity contribution in [2.75, 3.05) is 0 Å². The van der Waals surface area contributed by atoms with Gasteiger partial charge in [0, 0.05) is 6.04 Å². The third-order valence-corrected chi connectivity index (χ3v) is 3.53. The molecule has 1 aromatic carbocycles. The highest BCUT2D eigenvalue weighted by molar-refractivity contribution is 5.21. The summed E-state index contributed by atoms with van der Waals surface area (Å²) in [5.74, 6) is 1.11. The molecule has 2 N–H and O–H groups in total. The predicted molar refractivity (Wildman–Crippen MR) is 71.5 cm³/mol. The first kappa shape index (κ1) is 13.2. The van der Waals surface area contributed by atoms with Gasteiger partial charge < -0.3 is 5.73 Å². The van der Waals surface area contributed by atoms with E-state index in [0.717, 1.165) is 6.42 Å². The number of hydrogen-bond acceptors (Lipinski definition) is 1. The maximum absolute atomic E-state index is 6.39. The second-order valence-corrected chi connectivity index (χ2v) is 4.77. The highest BCUT2D eigenvalue weighted by Crippen LogP contribution is 2.27. The lowest BCUT2D eigenvalue weighted by Gasteiger charge is -2.28. The maximum Gasteiger partial charge on any atom is 0.0134 e. The van der Waals surface area contributed by atoms with Gasteiger partial charge in [0.1, 0.15) is 0 Å². The largest absolute Gasteiger partial charge is 0.327 e. The molecule has 0 saturated carbocycles. The molecule has 0 bridgehead atoms. The summed E-state index contributed by atoms with van der Waals surface area (Å²) in [6.07, 6.45) is 3.57. The minimum Gasteiger partial charge on any atom is -0.327 e. The monoisotopic (exact) mass is 219 g/mol. The van der Waals surface area contributed by atoms with Crippen molar-refractivity contribution < 1.29 is 0 Å². The van der Waals surface area contributed by atoms with Gasteiger partial charge in [-0.1, -0.05) is 57.5 Å². The minimum absolute atomic E-state index is 0.285. The fourth-order valence-electron chi connectivity index (χ4n) is 2.47. The summed E-state index contributed by atoms with van der Waals surface area (Å²) in [4.78, 5) is 0. The number of hydrogen-bond donors (Lipinski definition) is 1. The second-order valence-electron chi connectivity index (χ2n) is 4.77. The van der Waals surface area contributed by atoms with Gasteiger partial charge in [-0.25, -0.2) is 0 Å². The van der Waals surface area contributed by atoms with E-state index in [0.29, 0.717) is 11.8 Å². The van der Waals surface area contributed by atoms with Crippen molar-refractivity contribution in [3.8, 4) is 0 Å². The molecule has 0 aliphatic rings. The number of benzene rings is 1. The smallest absolute Gasteiger partial charge is 0.0134 e. The van der Waals surface area contributed by atoms with Crippen molar-refractivity contribution in [3.63, 3.8) is 0 Å². The van der Waals surface area contributed by atoms with E-state index in [2.05, 4.69) is 51.1 Å². The van der Waals surface area contributed by atoms with E-state index in [9.17, 15) is 0 Å². The van der Waals surface area contributed by atoms with E-state index in [1.165, 1.54) is 18.4 Å². The first-order valence-corrected chi connectivity index (χ1v) is 6.51. The van der Waals surface area contributed by atoms with Crippen LogP contribution in [-0.2, 0) is 0 Å². The Bertz CT molecular complexity index is 281. The summed E-state index contributed by atoms with van der Waals surface area (Å²) in [7, 11) is 0. The van der Waals surface area contributed by atoms with Crippen LogP contribution in [0.2, 0.25) is 0 Å². The first-order valence-electron chi connectivity index (χ1n) is 6.51. The average molecular weight is 219 g/mol. The fraction of sp³-hybridized carbons (Fsp3) is 0.600. The summed E-state index contributed by atoms with van der Waals surface area (Å²) >= 11 is 0. The molecule has 1 heteroatoms. The van der Waals surface area contributed by atoms with Gasteiger partial charge in [-0.05, 0) is 30.2 Å². The predicted octanol–water partition coefficient (Wildman–Crippen LogP) is 3.94. The van der Waals surface area contributed by atoms with Gasteiger partial charge in [-0.2, -0.15) is 0 Å². The van der Waals surface area contributed by atoms with Crippen molar-refractivity contribution in [3.05, 3.63) is 35.9 Å². The summed E-state index contributed by atoms with van der Waals surface area (Å²) in [6.45, 7) is 6.74. The Morgan fingerprint density at radius 1 is 1.12 bits per heavy atom. The van der Waals surface area contributed by atoms with Gasteiger partial charge in [0.25, 0.3) is 0 Å². The molecule has 3 unspecified atom stereocenters. The zero-order valence-corrected chi connectivity index (χ0v) is 10.8. The first-order chi connectivity index (χ1) is 7.70. The van der Waals surface area contributed by atoms with Crippen LogP contribution in [0.25, 0.3) is 0 Å². The third kappa shape index (κ3) is 3.34. The van der Waals surface area contributed by atoms with E-state index in [1.807, 2.05) is 0 Å². The summed E-state index contributed by atoms with van der Waals surface area (Å²) in [5, 5.41) is 0. The van der Waals surface area contributed by atoms with Crippen LogP contribution in [0.1, 0.15) is 51.5 Å². The molecule has 0 spiro atoms. The van der Waals surface area contributed by atoms with Crippen molar-refractivity contribution in [1.29, 1.82) is 0 Å². The van der Waals surface area contributed by atoms with Crippen molar-refractivity contribution in [1.82, 2.24) is 0 Å². The molecule has 0 aliphatic carbocycles. The fourth-order valence-corrected chi connectivity index (χ4v) is 2.47. The van der Waals surface area contributed by atoms with Crippen LogP contribution in [0.5, 0.6) is 0 Å². The molecule has 0 amide bonds. The normalized spacial score (nSPS) is 16.8. The molecule has 1 nitrogen and oxygen atoms in total. The van der Waals surface area contributed by atoms with E-state index in [1.54, 1.807) is 0 Å². The summed E-state index contributed by atoms with van der Waals surface area (Å²) in [5.41, 5.74) is 7.78. The molecule has 90 valence electrons. The number of nitrogens with two attached hydrogens (primary N) is 1. The Morgan fingerprint density at radius 3 is 2.25 bits per heavy atom. The highest BCUT2D eigenvalue weighted by Gasteiger charge is 2.22. The van der Waals surface area contributed by atoms with Crippen LogP contribution in [0.15, 0.2) is 30.3 Å². The minimum atomic E-state index is 0.285. The van der Waals surface area contributed by atoms with Gasteiger partial charge in [0.2, 0.25) is 0 Å².